The molecule has 2 aromatic rings. The van der Waals surface area contributed by atoms with Crippen molar-refractivity contribution in [2.75, 3.05) is 12.3 Å². The molecular formula is C15H23N6O8P. The molecule has 0 bridgehead atoms. The summed E-state index contributed by atoms with van der Waals surface area (Å²) in [5.41, 5.74) is 11.8. The lowest BCUT2D eigenvalue weighted by molar-refractivity contribution is -0.138. The molecule has 7 N–H and O–H groups in total. The number of ether oxygens (including phenoxy) is 1. The highest BCUT2D eigenvalue weighted by atomic mass is 31.2. The lowest BCUT2D eigenvalue weighted by atomic mass is 10.1. The van der Waals surface area contributed by atoms with Crippen molar-refractivity contribution < 1.29 is 38.3 Å². The van der Waals surface area contributed by atoms with Crippen LogP contribution in [0.2, 0.25) is 0 Å². The zero-order valence-electron chi connectivity index (χ0n) is 16.1. The van der Waals surface area contributed by atoms with Gasteiger partial charge >= 0.3 is 13.8 Å². The van der Waals surface area contributed by atoms with Crippen LogP contribution in [-0.4, -0.2) is 71.6 Å². The molecule has 1 fully saturated rings. The van der Waals surface area contributed by atoms with Crippen molar-refractivity contribution in [3.63, 3.8) is 0 Å². The van der Waals surface area contributed by atoms with Gasteiger partial charge < -0.3 is 30.9 Å². The van der Waals surface area contributed by atoms with Gasteiger partial charge in [-0.1, -0.05) is 13.8 Å². The molecule has 6 unspecified atom stereocenters. The summed E-state index contributed by atoms with van der Waals surface area (Å²) < 4.78 is 28.1. The molecular weight excluding hydrogens is 423 g/mol. The molecule has 0 spiro atoms. The first-order valence-corrected chi connectivity index (χ1v) is 10.4. The van der Waals surface area contributed by atoms with Gasteiger partial charge in [0, 0.05) is 0 Å². The summed E-state index contributed by atoms with van der Waals surface area (Å²) in [7, 11) is -4.83. The van der Waals surface area contributed by atoms with E-state index >= 15 is 0 Å². The van der Waals surface area contributed by atoms with Crippen molar-refractivity contribution in [1.29, 1.82) is 0 Å². The molecule has 0 radical (unpaired) electrons. The number of rotatable bonds is 7. The van der Waals surface area contributed by atoms with Crippen LogP contribution in [0.5, 0.6) is 0 Å². The van der Waals surface area contributed by atoms with E-state index in [4.69, 9.17) is 20.7 Å². The van der Waals surface area contributed by atoms with Gasteiger partial charge in [0.05, 0.1) is 12.9 Å². The van der Waals surface area contributed by atoms with Crippen LogP contribution in [0.1, 0.15) is 20.1 Å². The standard InChI is InChI=1S/C15H23N6O8P/c1-6(2)8(16)15(24)29-30(25,26)27-3-7-10(22)11(23)14(28-7)21-5-20-9-12(17)18-4-19-13(9)21/h4-8,10-11,14,22-23H,3,16H2,1-2H3,(H,25,26)(H2,17,18,19). The highest BCUT2D eigenvalue weighted by Crippen LogP contribution is 2.45. The van der Waals surface area contributed by atoms with E-state index in [2.05, 4.69) is 19.5 Å². The Kier molecular flexibility index (Phi) is 6.38. The normalized spacial score (nSPS) is 27.3. The number of aromatic nitrogens is 4. The monoisotopic (exact) mass is 446 g/mol. The predicted molar refractivity (Wildman–Crippen MR) is 100 cm³/mol. The second-order valence-corrected chi connectivity index (χ2v) is 8.45. The topological polar surface area (TPSA) is 218 Å². The van der Waals surface area contributed by atoms with Gasteiger partial charge in [-0.05, 0) is 5.92 Å². The van der Waals surface area contributed by atoms with Crippen LogP contribution >= 0.6 is 7.82 Å². The number of carbonyl (C=O) groups excluding carboxylic acids is 1. The summed E-state index contributed by atoms with van der Waals surface area (Å²) in [6, 6.07) is -1.11. The second kappa shape index (κ2) is 8.51. The summed E-state index contributed by atoms with van der Waals surface area (Å²) in [5.74, 6) is -1.31. The van der Waals surface area contributed by atoms with Crippen LogP contribution in [0.3, 0.4) is 0 Å². The van der Waals surface area contributed by atoms with E-state index in [1.165, 1.54) is 17.2 Å². The summed E-state index contributed by atoms with van der Waals surface area (Å²) in [4.78, 5) is 33.4. The van der Waals surface area contributed by atoms with E-state index < -0.39 is 51.0 Å². The molecule has 1 aliphatic rings. The number of imidazole rings is 1. The van der Waals surface area contributed by atoms with Crippen LogP contribution in [-0.2, 0) is 23.1 Å². The maximum absolute atomic E-state index is 12.0. The third-order valence-electron chi connectivity index (χ3n) is 4.60. The first-order chi connectivity index (χ1) is 14.0. The number of anilines is 1. The lowest BCUT2D eigenvalue weighted by Crippen LogP contribution is -2.37. The molecule has 2 aromatic heterocycles. The molecule has 6 atom stereocenters. The Morgan fingerprint density at radius 1 is 1.33 bits per heavy atom. The van der Waals surface area contributed by atoms with E-state index in [1.807, 2.05) is 0 Å². The highest BCUT2D eigenvalue weighted by Gasteiger charge is 2.45. The number of carbonyl (C=O) groups is 1. The molecule has 3 rings (SSSR count). The van der Waals surface area contributed by atoms with Crippen LogP contribution in [0.15, 0.2) is 12.7 Å². The molecule has 166 valence electrons. The zero-order chi connectivity index (χ0) is 22.2. The van der Waals surface area contributed by atoms with Crippen molar-refractivity contribution >= 4 is 30.8 Å². The molecule has 0 aromatic carbocycles. The predicted octanol–water partition coefficient (Wildman–Crippen LogP) is -1.33. The van der Waals surface area contributed by atoms with E-state index in [0.717, 1.165) is 0 Å². The molecule has 14 nitrogen and oxygen atoms in total. The molecule has 15 heteroatoms. The summed E-state index contributed by atoms with van der Waals surface area (Å²) in [6.07, 6.45) is -2.79. The van der Waals surface area contributed by atoms with Crippen molar-refractivity contribution in [1.82, 2.24) is 19.5 Å². The zero-order valence-corrected chi connectivity index (χ0v) is 17.0. The molecule has 1 aliphatic heterocycles. The Labute approximate surface area is 170 Å². The third-order valence-corrected chi connectivity index (χ3v) is 5.48. The van der Waals surface area contributed by atoms with Crippen LogP contribution in [0, 0.1) is 5.92 Å². The number of fused-ring (bicyclic) bond motifs is 1. The number of nitrogen functional groups attached to an aromatic ring is 1. The lowest BCUT2D eigenvalue weighted by Gasteiger charge is -2.19. The van der Waals surface area contributed by atoms with Crippen molar-refractivity contribution in [2.45, 2.75) is 44.4 Å². The highest BCUT2D eigenvalue weighted by molar-refractivity contribution is 7.48. The number of aliphatic hydroxyl groups is 2. The molecule has 0 saturated carbocycles. The SMILES string of the molecule is CC(C)C(N)C(=O)OP(=O)(O)OCC1OC(n2cnc3c(N)ncnc32)C(O)C1O. The largest absolute Gasteiger partial charge is 0.529 e. The smallest absolute Gasteiger partial charge is 0.387 e. The maximum atomic E-state index is 12.0. The molecule has 3 heterocycles. The minimum absolute atomic E-state index is 0.120. The van der Waals surface area contributed by atoms with Crippen molar-refractivity contribution in [2.24, 2.45) is 11.7 Å². The van der Waals surface area contributed by atoms with Gasteiger partial charge in [-0.25, -0.2) is 24.3 Å². The van der Waals surface area contributed by atoms with Gasteiger partial charge in [0.2, 0.25) is 0 Å². The third kappa shape index (κ3) is 4.44. The Bertz CT molecular complexity index is 970. The number of nitrogens with zero attached hydrogens (tertiary/aromatic N) is 4. The fourth-order valence-electron chi connectivity index (χ4n) is 2.79. The summed E-state index contributed by atoms with van der Waals surface area (Å²) >= 11 is 0. The minimum Gasteiger partial charge on any atom is -0.387 e. The fraction of sp³-hybridized carbons (Fsp3) is 0.600. The van der Waals surface area contributed by atoms with Gasteiger partial charge in [0.1, 0.15) is 36.2 Å². The Hall–Kier alpha value is -2.19. The molecule has 30 heavy (non-hydrogen) atoms. The summed E-state index contributed by atoms with van der Waals surface area (Å²) in [6.45, 7) is 2.62. The Morgan fingerprint density at radius 2 is 2.03 bits per heavy atom. The van der Waals surface area contributed by atoms with Crippen molar-refractivity contribution in [3.8, 4) is 0 Å². The van der Waals surface area contributed by atoms with Gasteiger partial charge in [-0.15, -0.1) is 0 Å². The number of phosphoric acid groups is 1. The first-order valence-electron chi connectivity index (χ1n) is 8.92. The van der Waals surface area contributed by atoms with E-state index in [-0.39, 0.29) is 22.9 Å². The molecule has 0 aliphatic carbocycles. The molecule has 0 amide bonds. The number of aliphatic hydroxyl groups excluding tert-OH is 2. The van der Waals surface area contributed by atoms with Gasteiger partial charge in [-0.3, -0.25) is 14.0 Å². The minimum atomic E-state index is -4.83. The fourth-order valence-corrected chi connectivity index (χ4v) is 3.53. The van der Waals surface area contributed by atoms with Crippen LogP contribution in [0.25, 0.3) is 11.2 Å². The maximum Gasteiger partial charge on any atom is 0.529 e. The van der Waals surface area contributed by atoms with E-state index in [0.29, 0.717) is 0 Å². The van der Waals surface area contributed by atoms with Crippen molar-refractivity contribution in [3.05, 3.63) is 12.7 Å². The first kappa shape index (κ1) is 22.5. The number of hydrogen-bond donors (Lipinski definition) is 5. The summed E-state index contributed by atoms with van der Waals surface area (Å²) in [5, 5.41) is 20.6. The van der Waals surface area contributed by atoms with Crippen LogP contribution < -0.4 is 11.5 Å². The quantitative estimate of drug-likeness (QED) is 0.312. The van der Waals surface area contributed by atoms with Gasteiger partial charge in [-0.2, -0.15) is 0 Å². The Balaban J connectivity index is 1.67. The Morgan fingerprint density at radius 3 is 2.70 bits per heavy atom. The van der Waals surface area contributed by atoms with E-state index in [9.17, 15) is 24.5 Å². The average Bonchev–Trinajstić information content (AvgIpc) is 3.22. The van der Waals surface area contributed by atoms with Gasteiger partial charge in [0.25, 0.3) is 0 Å². The average molecular weight is 446 g/mol. The van der Waals surface area contributed by atoms with Crippen LogP contribution in [0.4, 0.5) is 5.82 Å². The van der Waals surface area contributed by atoms with E-state index in [1.54, 1.807) is 13.8 Å². The molecule has 1 saturated heterocycles. The number of hydrogen-bond acceptors (Lipinski definition) is 12. The number of phosphoric ester groups is 1. The number of nitrogens with two attached hydrogens (primary N) is 2. The second-order valence-electron chi connectivity index (χ2n) is 7.07. The van der Waals surface area contributed by atoms with Gasteiger partial charge in [0.15, 0.2) is 17.7 Å².